The van der Waals surface area contributed by atoms with Gasteiger partial charge in [-0.3, -0.25) is 0 Å². The van der Waals surface area contributed by atoms with Crippen LogP contribution < -0.4 is 4.72 Å². The van der Waals surface area contributed by atoms with E-state index in [1.165, 1.54) is 0 Å². The normalized spacial score (nSPS) is 13.6. The van der Waals surface area contributed by atoms with E-state index in [1.807, 2.05) is 0 Å². The van der Waals surface area contributed by atoms with E-state index in [4.69, 9.17) is 0 Å². The van der Waals surface area contributed by atoms with Crippen molar-refractivity contribution < 1.29 is 21.6 Å². The second-order valence-corrected chi connectivity index (χ2v) is 7.53. The Morgan fingerprint density at radius 1 is 1.16 bits per heavy atom. The highest BCUT2D eigenvalue weighted by Gasteiger charge is 2.34. The van der Waals surface area contributed by atoms with Crippen molar-refractivity contribution in [1.29, 1.82) is 0 Å². The molecular formula is C11H13BrF3NO2S. The third-order valence-electron chi connectivity index (χ3n) is 1.99. The minimum absolute atomic E-state index is 0.199. The predicted molar refractivity (Wildman–Crippen MR) is 69.2 cm³/mol. The summed E-state index contributed by atoms with van der Waals surface area (Å²) in [6.07, 6.45) is -4.62. The summed E-state index contributed by atoms with van der Waals surface area (Å²) < 4.78 is 64.1. The number of rotatable bonds is 2. The molecule has 0 unspecified atom stereocenters. The number of hydrogen-bond donors (Lipinski definition) is 1. The van der Waals surface area contributed by atoms with Gasteiger partial charge in [0.25, 0.3) is 0 Å². The summed E-state index contributed by atoms with van der Waals surface area (Å²) in [4.78, 5) is -0.419. The molecule has 1 N–H and O–H groups in total. The van der Waals surface area contributed by atoms with Gasteiger partial charge >= 0.3 is 6.18 Å². The van der Waals surface area contributed by atoms with Crippen LogP contribution in [0.1, 0.15) is 26.3 Å². The number of nitrogens with one attached hydrogen (secondary N) is 1. The van der Waals surface area contributed by atoms with E-state index >= 15 is 0 Å². The topological polar surface area (TPSA) is 46.2 Å². The summed E-state index contributed by atoms with van der Waals surface area (Å²) >= 11 is 2.76. The molecule has 0 aromatic heterocycles. The maximum absolute atomic E-state index is 12.7. The Labute approximate surface area is 118 Å². The van der Waals surface area contributed by atoms with Crippen LogP contribution in [0.25, 0.3) is 0 Å². The molecule has 0 aliphatic rings. The molecule has 19 heavy (non-hydrogen) atoms. The van der Waals surface area contributed by atoms with E-state index in [-0.39, 0.29) is 4.47 Å². The molecule has 1 aromatic carbocycles. The molecule has 108 valence electrons. The lowest BCUT2D eigenvalue weighted by Crippen LogP contribution is -2.40. The van der Waals surface area contributed by atoms with Crippen molar-refractivity contribution in [2.45, 2.75) is 37.4 Å². The molecule has 8 heteroatoms. The molecule has 3 nitrogen and oxygen atoms in total. The van der Waals surface area contributed by atoms with E-state index < -0.39 is 32.2 Å². The number of alkyl halides is 3. The standard InChI is InChI=1S/C11H13BrF3NO2S/c1-10(2,3)16-19(17,18)7-4-5-9(12)8(6-7)11(13,14)15/h4-6,16H,1-3H3. The Morgan fingerprint density at radius 2 is 1.68 bits per heavy atom. The SMILES string of the molecule is CC(C)(C)NS(=O)(=O)c1ccc(Br)c(C(F)(F)F)c1. The first-order chi connectivity index (χ1) is 8.33. The van der Waals surface area contributed by atoms with E-state index in [0.717, 1.165) is 12.1 Å². The average molecular weight is 360 g/mol. The van der Waals surface area contributed by atoms with Gasteiger partial charge in [0.2, 0.25) is 10.0 Å². The summed E-state index contributed by atoms with van der Waals surface area (Å²) in [5.74, 6) is 0. The minimum Gasteiger partial charge on any atom is -0.207 e. The van der Waals surface area contributed by atoms with Gasteiger partial charge in [-0.15, -0.1) is 0 Å². The van der Waals surface area contributed by atoms with Gasteiger partial charge < -0.3 is 0 Å². The first-order valence-electron chi connectivity index (χ1n) is 5.24. The Hall–Kier alpha value is -0.600. The molecule has 0 saturated heterocycles. The average Bonchev–Trinajstić information content (AvgIpc) is 2.11. The zero-order chi connectivity index (χ0) is 15.1. The molecule has 0 atom stereocenters. The van der Waals surface area contributed by atoms with Crippen molar-refractivity contribution in [1.82, 2.24) is 4.72 Å². The van der Waals surface area contributed by atoms with Gasteiger partial charge in [0.05, 0.1) is 10.5 Å². The molecule has 0 bridgehead atoms. The van der Waals surface area contributed by atoms with Gasteiger partial charge in [-0.1, -0.05) is 15.9 Å². The first-order valence-corrected chi connectivity index (χ1v) is 7.51. The van der Waals surface area contributed by atoms with Crippen molar-refractivity contribution in [3.63, 3.8) is 0 Å². The van der Waals surface area contributed by atoms with Gasteiger partial charge in [-0.2, -0.15) is 13.2 Å². The van der Waals surface area contributed by atoms with E-state index in [1.54, 1.807) is 20.8 Å². The third-order valence-corrected chi connectivity index (χ3v) is 4.44. The van der Waals surface area contributed by atoms with Crippen LogP contribution in [0.15, 0.2) is 27.6 Å². The molecule has 1 aromatic rings. The fourth-order valence-electron chi connectivity index (χ4n) is 1.35. The molecule has 0 radical (unpaired) electrons. The molecule has 0 spiro atoms. The Balaban J connectivity index is 3.31. The first kappa shape index (κ1) is 16.5. The molecule has 0 saturated carbocycles. The highest BCUT2D eigenvalue weighted by atomic mass is 79.9. The maximum atomic E-state index is 12.7. The van der Waals surface area contributed by atoms with Crippen LogP contribution in [0, 0.1) is 0 Å². The van der Waals surface area contributed by atoms with Gasteiger partial charge in [-0.05, 0) is 39.0 Å². The van der Waals surface area contributed by atoms with Gasteiger partial charge in [-0.25, -0.2) is 13.1 Å². The largest absolute Gasteiger partial charge is 0.417 e. The lowest BCUT2D eigenvalue weighted by molar-refractivity contribution is -0.138. The second-order valence-electron chi connectivity index (χ2n) is 4.99. The smallest absolute Gasteiger partial charge is 0.207 e. The number of sulfonamides is 1. The van der Waals surface area contributed by atoms with Gasteiger partial charge in [0.1, 0.15) is 0 Å². The van der Waals surface area contributed by atoms with Crippen LogP contribution in [-0.2, 0) is 16.2 Å². The van der Waals surface area contributed by atoms with Crippen LogP contribution in [0.2, 0.25) is 0 Å². The van der Waals surface area contributed by atoms with Crippen molar-refractivity contribution in [3.05, 3.63) is 28.2 Å². The predicted octanol–water partition coefficient (Wildman–Crippen LogP) is 3.54. The van der Waals surface area contributed by atoms with Crippen LogP contribution >= 0.6 is 15.9 Å². The van der Waals surface area contributed by atoms with Crippen molar-refractivity contribution in [3.8, 4) is 0 Å². The molecule has 0 amide bonds. The van der Waals surface area contributed by atoms with Crippen LogP contribution in [-0.4, -0.2) is 14.0 Å². The lowest BCUT2D eigenvalue weighted by Gasteiger charge is -2.21. The van der Waals surface area contributed by atoms with E-state index in [9.17, 15) is 21.6 Å². The quantitative estimate of drug-likeness (QED) is 0.877. The third kappa shape index (κ3) is 4.47. The summed E-state index contributed by atoms with van der Waals surface area (Å²) in [7, 11) is -3.99. The van der Waals surface area contributed by atoms with E-state index in [2.05, 4.69) is 20.7 Å². The van der Waals surface area contributed by atoms with Crippen molar-refractivity contribution in [2.75, 3.05) is 0 Å². The van der Waals surface area contributed by atoms with Crippen LogP contribution in [0.5, 0.6) is 0 Å². The van der Waals surface area contributed by atoms with Gasteiger partial charge in [0.15, 0.2) is 0 Å². The zero-order valence-electron chi connectivity index (χ0n) is 10.5. The monoisotopic (exact) mass is 359 g/mol. The zero-order valence-corrected chi connectivity index (χ0v) is 12.9. The van der Waals surface area contributed by atoms with Crippen LogP contribution in [0.4, 0.5) is 13.2 Å². The molecule has 1 rings (SSSR count). The Morgan fingerprint density at radius 3 is 2.11 bits per heavy atom. The molecule has 0 heterocycles. The molecule has 0 aliphatic heterocycles. The number of halogens is 4. The number of hydrogen-bond acceptors (Lipinski definition) is 2. The molecule has 0 aliphatic carbocycles. The minimum atomic E-state index is -4.62. The fourth-order valence-corrected chi connectivity index (χ4v) is 3.27. The summed E-state index contributed by atoms with van der Waals surface area (Å²) in [5.41, 5.74) is -1.80. The summed E-state index contributed by atoms with van der Waals surface area (Å²) in [6, 6.07) is 2.80. The fraction of sp³-hybridized carbons (Fsp3) is 0.455. The van der Waals surface area contributed by atoms with E-state index in [0.29, 0.717) is 6.07 Å². The summed E-state index contributed by atoms with van der Waals surface area (Å²) in [6.45, 7) is 4.82. The Bertz CT molecular complexity index is 577. The molecular weight excluding hydrogens is 347 g/mol. The van der Waals surface area contributed by atoms with Crippen LogP contribution in [0.3, 0.4) is 0 Å². The summed E-state index contributed by atoms with van der Waals surface area (Å²) in [5, 5.41) is 0. The highest BCUT2D eigenvalue weighted by molar-refractivity contribution is 9.10. The Kier molecular flexibility index (Phi) is 4.39. The lowest BCUT2D eigenvalue weighted by atomic mass is 10.1. The highest BCUT2D eigenvalue weighted by Crippen LogP contribution is 2.36. The maximum Gasteiger partial charge on any atom is 0.417 e. The second kappa shape index (κ2) is 5.06. The number of benzene rings is 1. The van der Waals surface area contributed by atoms with Crippen molar-refractivity contribution in [2.24, 2.45) is 0 Å². The van der Waals surface area contributed by atoms with Crippen molar-refractivity contribution >= 4 is 26.0 Å². The molecule has 0 fully saturated rings. The van der Waals surface area contributed by atoms with Gasteiger partial charge in [0, 0.05) is 10.0 Å².